The summed E-state index contributed by atoms with van der Waals surface area (Å²) >= 11 is 0. The van der Waals surface area contributed by atoms with Gasteiger partial charge in [0.15, 0.2) is 0 Å². The second-order valence-electron chi connectivity index (χ2n) is 3.62. The molecule has 0 amide bonds. The van der Waals surface area contributed by atoms with E-state index < -0.39 is 5.79 Å². The molecule has 1 aliphatic carbocycles. The predicted molar refractivity (Wildman–Crippen MR) is 55.1 cm³/mol. The highest BCUT2D eigenvalue weighted by Gasteiger charge is 2.35. The number of ether oxygens (including phenoxy) is 3. The second-order valence-corrected chi connectivity index (χ2v) is 3.62. The quantitative estimate of drug-likeness (QED) is 0.512. The maximum atomic E-state index is 5.36. The molecule has 0 saturated heterocycles. The monoisotopic (exact) mass is 198 g/mol. The van der Waals surface area contributed by atoms with Gasteiger partial charge in [0, 0.05) is 21.3 Å². The maximum Gasteiger partial charge on any atom is 0.210 e. The van der Waals surface area contributed by atoms with Crippen molar-refractivity contribution >= 4 is 0 Å². The Morgan fingerprint density at radius 3 is 1.93 bits per heavy atom. The minimum Gasteiger partial charge on any atom is -0.370 e. The fourth-order valence-electron chi connectivity index (χ4n) is 1.65. The summed E-state index contributed by atoms with van der Waals surface area (Å²) in [5.74, 6) is -0.724. The van der Waals surface area contributed by atoms with E-state index in [0.717, 1.165) is 5.57 Å². The summed E-state index contributed by atoms with van der Waals surface area (Å²) < 4.78 is 16.0. The maximum absolute atomic E-state index is 5.36. The zero-order chi connectivity index (χ0) is 10.8. The van der Waals surface area contributed by atoms with Crippen molar-refractivity contribution in [3.8, 4) is 0 Å². The van der Waals surface area contributed by atoms with Crippen LogP contribution in [0.5, 0.6) is 0 Å². The molecule has 1 unspecified atom stereocenters. The summed E-state index contributed by atoms with van der Waals surface area (Å²) in [6.07, 6.45) is 5.82. The van der Waals surface area contributed by atoms with Gasteiger partial charge in [-0.2, -0.15) is 0 Å². The van der Waals surface area contributed by atoms with E-state index in [-0.39, 0.29) is 5.60 Å². The fourth-order valence-corrected chi connectivity index (χ4v) is 1.65. The average Bonchev–Trinajstić information content (AvgIpc) is 2.19. The largest absolute Gasteiger partial charge is 0.370 e. The SMILES string of the molecule is COC1(C)C=CC(OC)(OC)C(C)=C1. The lowest BCUT2D eigenvalue weighted by Gasteiger charge is -2.35. The Hall–Kier alpha value is -0.640. The van der Waals surface area contributed by atoms with Crippen LogP contribution >= 0.6 is 0 Å². The minimum atomic E-state index is -0.724. The molecule has 0 bridgehead atoms. The van der Waals surface area contributed by atoms with Crippen LogP contribution in [0.3, 0.4) is 0 Å². The molecule has 80 valence electrons. The topological polar surface area (TPSA) is 27.7 Å². The van der Waals surface area contributed by atoms with Gasteiger partial charge in [0.2, 0.25) is 5.79 Å². The number of methoxy groups -OCH3 is 3. The molecule has 1 atom stereocenters. The van der Waals surface area contributed by atoms with Gasteiger partial charge >= 0.3 is 0 Å². The van der Waals surface area contributed by atoms with Crippen LogP contribution in [-0.2, 0) is 14.2 Å². The number of hydrogen-bond acceptors (Lipinski definition) is 3. The van der Waals surface area contributed by atoms with Gasteiger partial charge in [0.1, 0.15) is 5.60 Å². The third-order valence-electron chi connectivity index (χ3n) is 2.73. The van der Waals surface area contributed by atoms with Gasteiger partial charge in [0.05, 0.1) is 0 Å². The van der Waals surface area contributed by atoms with Crippen molar-refractivity contribution in [3.05, 3.63) is 23.8 Å². The van der Waals surface area contributed by atoms with Crippen LogP contribution in [0.25, 0.3) is 0 Å². The first-order chi connectivity index (χ1) is 6.52. The Morgan fingerprint density at radius 1 is 1.00 bits per heavy atom. The molecule has 3 nitrogen and oxygen atoms in total. The number of rotatable bonds is 3. The summed E-state index contributed by atoms with van der Waals surface area (Å²) in [5.41, 5.74) is 0.638. The van der Waals surface area contributed by atoms with E-state index in [9.17, 15) is 0 Å². The first kappa shape index (κ1) is 11.4. The van der Waals surface area contributed by atoms with E-state index in [1.807, 2.05) is 32.1 Å². The minimum absolute atomic E-state index is 0.357. The lowest BCUT2D eigenvalue weighted by atomic mass is 9.91. The van der Waals surface area contributed by atoms with E-state index >= 15 is 0 Å². The Balaban J connectivity index is 3.02. The molecule has 0 saturated carbocycles. The summed E-state index contributed by atoms with van der Waals surface area (Å²) in [7, 11) is 4.93. The van der Waals surface area contributed by atoms with Crippen molar-refractivity contribution in [2.45, 2.75) is 25.2 Å². The third kappa shape index (κ3) is 1.75. The first-order valence-corrected chi connectivity index (χ1v) is 4.58. The van der Waals surface area contributed by atoms with Gasteiger partial charge in [0.25, 0.3) is 0 Å². The van der Waals surface area contributed by atoms with Crippen LogP contribution in [0.1, 0.15) is 13.8 Å². The molecule has 0 radical (unpaired) electrons. The van der Waals surface area contributed by atoms with Crippen LogP contribution in [0.4, 0.5) is 0 Å². The van der Waals surface area contributed by atoms with Crippen molar-refractivity contribution in [3.63, 3.8) is 0 Å². The van der Waals surface area contributed by atoms with E-state index in [2.05, 4.69) is 0 Å². The molecule has 0 aromatic carbocycles. The Bertz CT molecular complexity index is 264. The van der Waals surface area contributed by atoms with Gasteiger partial charge in [-0.05, 0) is 37.6 Å². The van der Waals surface area contributed by atoms with Gasteiger partial charge in [-0.25, -0.2) is 0 Å². The van der Waals surface area contributed by atoms with Crippen LogP contribution in [-0.4, -0.2) is 32.7 Å². The predicted octanol–water partition coefficient (Wildman–Crippen LogP) is 1.90. The third-order valence-corrected chi connectivity index (χ3v) is 2.73. The zero-order valence-electron chi connectivity index (χ0n) is 9.46. The summed E-state index contributed by atoms with van der Waals surface area (Å²) in [6.45, 7) is 3.95. The molecule has 1 rings (SSSR count). The number of hydrogen-bond donors (Lipinski definition) is 0. The van der Waals surface area contributed by atoms with Gasteiger partial charge < -0.3 is 14.2 Å². The Morgan fingerprint density at radius 2 is 1.57 bits per heavy atom. The molecule has 14 heavy (non-hydrogen) atoms. The van der Waals surface area contributed by atoms with E-state index in [1.165, 1.54) is 0 Å². The van der Waals surface area contributed by atoms with Gasteiger partial charge in [-0.1, -0.05) is 0 Å². The van der Waals surface area contributed by atoms with Crippen molar-refractivity contribution in [1.82, 2.24) is 0 Å². The molecule has 0 heterocycles. The summed E-state index contributed by atoms with van der Waals surface area (Å²) in [5, 5.41) is 0. The van der Waals surface area contributed by atoms with E-state index in [0.29, 0.717) is 0 Å². The second kappa shape index (κ2) is 3.85. The normalized spacial score (nSPS) is 30.2. The summed E-state index contributed by atoms with van der Waals surface area (Å²) in [6, 6.07) is 0. The first-order valence-electron chi connectivity index (χ1n) is 4.58. The van der Waals surface area contributed by atoms with Crippen LogP contribution in [0.2, 0.25) is 0 Å². The Labute approximate surface area is 85.3 Å². The summed E-state index contributed by atoms with van der Waals surface area (Å²) in [4.78, 5) is 0. The molecule has 0 fully saturated rings. The van der Waals surface area contributed by atoms with Crippen LogP contribution < -0.4 is 0 Å². The zero-order valence-corrected chi connectivity index (χ0v) is 9.46. The van der Waals surface area contributed by atoms with Crippen molar-refractivity contribution < 1.29 is 14.2 Å². The standard InChI is InChI=1S/C11H18O3/c1-9-8-10(2,12-3)6-7-11(9,13-4)14-5/h6-8H,1-5H3. The van der Waals surface area contributed by atoms with E-state index in [1.54, 1.807) is 21.3 Å². The van der Waals surface area contributed by atoms with Gasteiger partial charge in [-0.15, -0.1) is 0 Å². The fraction of sp³-hybridized carbons (Fsp3) is 0.636. The van der Waals surface area contributed by atoms with Crippen molar-refractivity contribution in [2.75, 3.05) is 21.3 Å². The average molecular weight is 198 g/mol. The van der Waals surface area contributed by atoms with Gasteiger partial charge in [-0.3, -0.25) is 0 Å². The molecule has 0 N–H and O–H groups in total. The highest BCUT2D eigenvalue weighted by atomic mass is 16.7. The van der Waals surface area contributed by atoms with Crippen LogP contribution in [0, 0.1) is 0 Å². The molecule has 1 aliphatic rings. The highest BCUT2D eigenvalue weighted by molar-refractivity contribution is 5.32. The highest BCUT2D eigenvalue weighted by Crippen LogP contribution is 2.32. The lowest BCUT2D eigenvalue weighted by Crippen LogP contribution is -2.39. The molecule has 3 heteroatoms. The molecular formula is C11H18O3. The van der Waals surface area contributed by atoms with Crippen LogP contribution in [0.15, 0.2) is 23.8 Å². The van der Waals surface area contributed by atoms with E-state index in [4.69, 9.17) is 14.2 Å². The Kier molecular flexibility index (Phi) is 3.14. The molecule has 0 aliphatic heterocycles. The smallest absolute Gasteiger partial charge is 0.210 e. The molecule has 0 aromatic heterocycles. The van der Waals surface area contributed by atoms with Crippen molar-refractivity contribution in [2.24, 2.45) is 0 Å². The molecule has 0 spiro atoms. The lowest BCUT2D eigenvalue weighted by molar-refractivity contribution is -0.145. The van der Waals surface area contributed by atoms with Crippen molar-refractivity contribution in [1.29, 1.82) is 0 Å². The molecular weight excluding hydrogens is 180 g/mol. The molecule has 0 aromatic rings.